The Balaban J connectivity index is 1.60. The molecule has 0 saturated carbocycles. The first-order chi connectivity index (χ1) is 22.2. The van der Waals surface area contributed by atoms with Gasteiger partial charge in [-0.15, -0.1) is 0 Å². The van der Waals surface area contributed by atoms with Crippen molar-refractivity contribution in [3.8, 4) is 6.07 Å². The summed E-state index contributed by atoms with van der Waals surface area (Å²) in [5, 5.41) is 14.4. The van der Waals surface area contributed by atoms with E-state index in [9.17, 15) is 9.59 Å². The number of anilines is 1. The van der Waals surface area contributed by atoms with Gasteiger partial charge in [-0.3, -0.25) is 9.59 Å². The molecule has 0 aliphatic rings. The highest BCUT2D eigenvalue weighted by atomic mass is 16.5. The molecule has 0 bridgehead atoms. The molecule has 0 aliphatic heterocycles. The van der Waals surface area contributed by atoms with Crippen LogP contribution in [0.1, 0.15) is 48.2 Å². The van der Waals surface area contributed by atoms with Gasteiger partial charge in [-0.2, -0.15) is 5.26 Å². The summed E-state index contributed by atoms with van der Waals surface area (Å²) in [6.07, 6.45) is 10.8. The molecule has 0 atom stereocenters. The minimum atomic E-state index is -0.0933. The number of nitriles is 1. The van der Waals surface area contributed by atoms with E-state index in [0.29, 0.717) is 58.9 Å². The molecule has 1 aromatic carbocycles. The van der Waals surface area contributed by atoms with Crippen LogP contribution in [0.3, 0.4) is 0 Å². The average molecular weight is 634 g/mol. The van der Waals surface area contributed by atoms with E-state index in [-0.39, 0.29) is 18.4 Å². The van der Waals surface area contributed by atoms with Crippen LogP contribution in [0.25, 0.3) is 12.2 Å². The van der Waals surface area contributed by atoms with Gasteiger partial charge in [-0.25, -0.2) is 4.57 Å². The molecule has 1 heterocycles. The lowest BCUT2D eigenvalue weighted by atomic mass is 10.1. The summed E-state index contributed by atoms with van der Waals surface area (Å²) in [5.74, 6) is 0.0380. The minimum absolute atomic E-state index is 0.0933. The van der Waals surface area contributed by atoms with Gasteiger partial charge < -0.3 is 29.9 Å². The van der Waals surface area contributed by atoms with Crippen LogP contribution >= 0.6 is 0 Å². The highest BCUT2D eigenvalue weighted by molar-refractivity contribution is 5.78. The summed E-state index contributed by atoms with van der Waals surface area (Å²) >= 11 is 0. The van der Waals surface area contributed by atoms with Crippen molar-refractivity contribution in [3.05, 3.63) is 71.1 Å². The molecule has 0 spiro atoms. The topological polar surface area (TPSA) is 111 Å². The summed E-state index contributed by atoms with van der Waals surface area (Å²) in [4.78, 5) is 28.5. The third kappa shape index (κ3) is 15.8. The fourth-order valence-corrected chi connectivity index (χ4v) is 4.74. The van der Waals surface area contributed by atoms with Gasteiger partial charge >= 0.3 is 0 Å². The molecule has 2 amide bonds. The zero-order valence-corrected chi connectivity index (χ0v) is 28.4. The fraction of sp³-hybridized carbons (Fsp3) is 0.500. The normalized spacial score (nSPS) is 11.2. The molecule has 0 unspecified atom stereocenters. The standard InChI is InChI=1S/C36H52N6O4/c1-30-27-33(12-7-6-11-32-14-16-34(17-15-32)40(3)4)28-31(2)42(30)22-8-13-36(44)41(5)21-10-19-38-29-35(43)39-20-24-46-26-25-45-23-9-18-37/h6-7,11-12,14-17,27-28,38H,8-10,13,19-26,29H2,1-5H3/p+1. The van der Waals surface area contributed by atoms with Gasteiger partial charge in [0, 0.05) is 78.7 Å². The lowest BCUT2D eigenvalue weighted by Crippen LogP contribution is -2.41. The predicted molar refractivity (Wildman–Crippen MR) is 184 cm³/mol. The van der Waals surface area contributed by atoms with Crippen molar-refractivity contribution in [2.75, 3.05) is 78.6 Å². The van der Waals surface area contributed by atoms with Crippen molar-refractivity contribution in [2.24, 2.45) is 0 Å². The number of nitrogens with one attached hydrogen (secondary N) is 2. The van der Waals surface area contributed by atoms with Crippen LogP contribution in [0, 0.1) is 25.2 Å². The number of pyridine rings is 1. The summed E-state index contributed by atoms with van der Waals surface area (Å²) in [6.45, 7) is 8.64. The Morgan fingerprint density at radius 3 is 2.20 bits per heavy atom. The molecular weight excluding hydrogens is 580 g/mol. The summed E-state index contributed by atoms with van der Waals surface area (Å²) in [5.41, 5.74) is 5.84. The second-order valence-corrected chi connectivity index (χ2v) is 11.4. The Hall–Kier alpha value is -4.04. The Morgan fingerprint density at radius 1 is 0.891 bits per heavy atom. The Bertz CT molecular complexity index is 1280. The van der Waals surface area contributed by atoms with Crippen LogP contribution in [0.4, 0.5) is 5.69 Å². The van der Waals surface area contributed by atoms with E-state index in [0.717, 1.165) is 30.5 Å². The predicted octanol–water partition coefficient (Wildman–Crippen LogP) is 3.66. The highest BCUT2D eigenvalue weighted by Crippen LogP contribution is 2.13. The highest BCUT2D eigenvalue weighted by Gasteiger charge is 2.14. The van der Waals surface area contributed by atoms with E-state index < -0.39 is 0 Å². The monoisotopic (exact) mass is 633 g/mol. The van der Waals surface area contributed by atoms with Crippen LogP contribution in [0.5, 0.6) is 0 Å². The van der Waals surface area contributed by atoms with Crippen molar-refractivity contribution in [1.82, 2.24) is 15.5 Å². The van der Waals surface area contributed by atoms with Crippen molar-refractivity contribution >= 4 is 29.7 Å². The average Bonchev–Trinajstić information content (AvgIpc) is 3.03. The molecule has 0 fully saturated rings. The van der Waals surface area contributed by atoms with Crippen LogP contribution in [-0.2, 0) is 25.6 Å². The third-order valence-corrected chi connectivity index (χ3v) is 7.33. The van der Waals surface area contributed by atoms with Gasteiger partial charge in [0.25, 0.3) is 0 Å². The number of carbonyl (C=O) groups excluding carboxylic acids is 2. The molecule has 0 aliphatic carbocycles. The molecule has 46 heavy (non-hydrogen) atoms. The number of aryl methyl sites for hydroxylation is 2. The second-order valence-electron chi connectivity index (χ2n) is 11.4. The quantitative estimate of drug-likeness (QED) is 0.116. The number of carbonyl (C=O) groups is 2. The van der Waals surface area contributed by atoms with E-state index in [1.54, 1.807) is 4.90 Å². The van der Waals surface area contributed by atoms with Crippen LogP contribution in [0.15, 0.2) is 48.6 Å². The fourth-order valence-electron chi connectivity index (χ4n) is 4.74. The van der Waals surface area contributed by atoms with Gasteiger partial charge in [0.1, 0.15) is 6.54 Å². The lowest BCUT2D eigenvalue weighted by Gasteiger charge is -2.17. The number of allylic oxidation sites excluding steroid dienone is 2. The molecule has 250 valence electrons. The molecule has 1 aromatic heterocycles. The maximum absolute atomic E-state index is 12.7. The first kappa shape index (κ1) is 38.1. The zero-order valence-electron chi connectivity index (χ0n) is 28.4. The lowest BCUT2D eigenvalue weighted by molar-refractivity contribution is -0.708. The molecule has 0 saturated heterocycles. The molecule has 2 aromatic rings. The Morgan fingerprint density at radius 2 is 1.54 bits per heavy atom. The molecule has 10 nitrogen and oxygen atoms in total. The zero-order chi connectivity index (χ0) is 33.6. The number of nitrogens with zero attached hydrogens (tertiary/aromatic N) is 4. The molecule has 10 heteroatoms. The number of amides is 2. The number of benzene rings is 1. The van der Waals surface area contributed by atoms with E-state index in [2.05, 4.69) is 94.7 Å². The van der Waals surface area contributed by atoms with Crippen molar-refractivity contribution < 1.29 is 23.6 Å². The molecule has 2 rings (SSSR count). The smallest absolute Gasteiger partial charge is 0.234 e. The van der Waals surface area contributed by atoms with E-state index in [4.69, 9.17) is 14.7 Å². The van der Waals surface area contributed by atoms with Crippen molar-refractivity contribution in [1.29, 1.82) is 5.26 Å². The van der Waals surface area contributed by atoms with Crippen molar-refractivity contribution in [2.45, 2.75) is 46.1 Å². The SMILES string of the molecule is Cc1cc(/C=C/C=C/c2ccc(N(C)C)cc2)cc(C)[n+]1CCCC(=O)N(C)CCCNCC(=O)NCCOCCOCCC#N. The van der Waals surface area contributed by atoms with Gasteiger partial charge in [0.15, 0.2) is 11.4 Å². The minimum Gasteiger partial charge on any atom is -0.378 e. The van der Waals surface area contributed by atoms with Crippen LogP contribution in [0.2, 0.25) is 0 Å². The largest absolute Gasteiger partial charge is 0.378 e. The van der Waals surface area contributed by atoms with Crippen molar-refractivity contribution in [3.63, 3.8) is 0 Å². The van der Waals surface area contributed by atoms with Gasteiger partial charge in [-0.1, -0.05) is 36.4 Å². The second kappa shape index (κ2) is 22.5. The number of aromatic nitrogens is 1. The molecule has 2 N–H and O–H groups in total. The number of rotatable bonds is 22. The van der Waals surface area contributed by atoms with E-state index in [1.807, 2.05) is 27.2 Å². The number of ether oxygens (including phenoxy) is 2. The van der Waals surface area contributed by atoms with E-state index >= 15 is 0 Å². The maximum atomic E-state index is 12.7. The van der Waals surface area contributed by atoms with Crippen LogP contribution in [-0.4, -0.2) is 90.5 Å². The van der Waals surface area contributed by atoms with Gasteiger partial charge in [-0.05, 0) is 36.2 Å². The molecule has 0 radical (unpaired) electrons. The first-order valence-corrected chi connectivity index (χ1v) is 16.1. The first-order valence-electron chi connectivity index (χ1n) is 16.1. The number of hydrogen-bond donors (Lipinski definition) is 2. The van der Waals surface area contributed by atoms with Gasteiger partial charge in [0.2, 0.25) is 11.8 Å². The summed E-state index contributed by atoms with van der Waals surface area (Å²) in [6, 6.07) is 14.8. The number of hydrogen-bond acceptors (Lipinski definition) is 7. The Kier molecular flexibility index (Phi) is 18.6. The van der Waals surface area contributed by atoms with Gasteiger partial charge in [0.05, 0.1) is 45.5 Å². The van der Waals surface area contributed by atoms with E-state index in [1.165, 1.54) is 17.1 Å². The molecular formula is C36H53N6O4+. The summed E-state index contributed by atoms with van der Waals surface area (Å²) in [7, 11) is 5.91. The van der Waals surface area contributed by atoms with Crippen LogP contribution < -0.4 is 20.1 Å². The Labute approximate surface area is 275 Å². The third-order valence-electron chi connectivity index (χ3n) is 7.33. The maximum Gasteiger partial charge on any atom is 0.234 e. The summed E-state index contributed by atoms with van der Waals surface area (Å²) < 4.78 is 12.9.